The number of benzene rings is 1. The lowest BCUT2D eigenvalue weighted by atomic mass is 9.93. The number of carbonyl (C=O) groups is 2. The van der Waals surface area contributed by atoms with Gasteiger partial charge >= 0.3 is 5.97 Å². The molecule has 1 saturated heterocycles. The monoisotopic (exact) mass is 343 g/mol. The Morgan fingerprint density at radius 1 is 1.35 bits per heavy atom. The molecule has 0 aromatic heterocycles. The molecule has 0 radical (unpaired) electrons. The van der Waals surface area contributed by atoms with Crippen LogP contribution in [0.2, 0.25) is 0 Å². The van der Waals surface area contributed by atoms with Crippen molar-refractivity contribution >= 4 is 27.8 Å². The molecule has 20 heavy (non-hydrogen) atoms. The van der Waals surface area contributed by atoms with Crippen molar-refractivity contribution in [2.45, 2.75) is 19.3 Å². The maximum atomic E-state index is 13.4. The molecule has 108 valence electrons. The van der Waals surface area contributed by atoms with Gasteiger partial charge in [-0.05, 0) is 52.9 Å². The Labute approximate surface area is 124 Å². The second-order valence-corrected chi connectivity index (χ2v) is 5.82. The van der Waals surface area contributed by atoms with Gasteiger partial charge in [0, 0.05) is 25.1 Å². The third-order valence-electron chi connectivity index (χ3n) is 3.53. The molecule has 1 amide bonds. The summed E-state index contributed by atoms with van der Waals surface area (Å²) in [5, 5.41) is 8.75. The number of aliphatic carboxylic acids is 1. The number of nitrogens with zero attached hydrogens (tertiary/aromatic N) is 1. The highest BCUT2D eigenvalue weighted by molar-refractivity contribution is 9.10. The van der Waals surface area contributed by atoms with Gasteiger partial charge in [-0.3, -0.25) is 9.59 Å². The van der Waals surface area contributed by atoms with Gasteiger partial charge in [-0.2, -0.15) is 0 Å². The number of hydrogen-bond donors (Lipinski definition) is 1. The minimum atomic E-state index is -0.801. The number of carboxylic acid groups (broad SMARTS) is 1. The predicted octanol–water partition coefficient (Wildman–Crippen LogP) is 2.92. The van der Waals surface area contributed by atoms with Gasteiger partial charge in [-0.25, -0.2) is 4.39 Å². The SMILES string of the molecule is O=C(O)CC1CCN(C(=O)c2ccc(Br)c(F)c2)CC1. The summed E-state index contributed by atoms with van der Waals surface area (Å²) in [7, 11) is 0. The minimum Gasteiger partial charge on any atom is -0.481 e. The second-order valence-electron chi connectivity index (χ2n) is 4.96. The Bertz CT molecular complexity index is 527. The Morgan fingerprint density at radius 3 is 2.55 bits per heavy atom. The topological polar surface area (TPSA) is 57.6 Å². The van der Waals surface area contributed by atoms with Gasteiger partial charge < -0.3 is 10.0 Å². The molecule has 4 nitrogen and oxygen atoms in total. The molecule has 1 N–H and O–H groups in total. The summed E-state index contributed by atoms with van der Waals surface area (Å²) in [6, 6.07) is 4.31. The lowest BCUT2D eigenvalue weighted by Gasteiger charge is -2.31. The maximum absolute atomic E-state index is 13.4. The Balaban J connectivity index is 1.97. The van der Waals surface area contributed by atoms with E-state index >= 15 is 0 Å². The Morgan fingerprint density at radius 2 is 2.00 bits per heavy atom. The minimum absolute atomic E-state index is 0.123. The smallest absolute Gasteiger partial charge is 0.303 e. The Hall–Kier alpha value is -1.43. The second kappa shape index (κ2) is 6.35. The van der Waals surface area contributed by atoms with Crippen molar-refractivity contribution in [3.63, 3.8) is 0 Å². The first-order valence-corrected chi connectivity index (χ1v) is 7.23. The number of carboxylic acids is 1. The van der Waals surface area contributed by atoms with Crippen LogP contribution in [0.1, 0.15) is 29.6 Å². The number of halogens is 2. The van der Waals surface area contributed by atoms with Gasteiger partial charge in [0.15, 0.2) is 0 Å². The average molecular weight is 344 g/mol. The number of rotatable bonds is 3. The van der Waals surface area contributed by atoms with Crippen molar-refractivity contribution in [2.24, 2.45) is 5.92 Å². The van der Waals surface area contributed by atoms with Gasteiger partial charge in [-0.15, -0.1) is 0 Å². The highest BCUT2D eigenvalue weighted by Crippen LogP contribution is 2.23. The van der Waals surface area contributed by atoms with E-state index < -0.39 is 11.8 Å². The van der Waals surface area contributed by atoms with Gasteiger partial charge in [0.2, 0.25) is 0 Å². The molecule has 6 heteroatoms. The number of hydrogen-bond acceptors (Lipinski definition) is 2. The Kier molecular flexibility index (Phi) is 4.75. The van der Waals surface area contributed by atoms with Crippen molar-refractivity contribution in [1.29, 1.82) is 0 Å². The van der Waals surface area contributed by atoms with Gasteiger partial charge in [-0.1, -0.05) is 0 Å². The fourth-order valence-corrected chi connectivity index (χ4v) is 2.65. The quantitative estimate of drug-likeness (QED) is 0.917. The van der Waals surface area contributed by atoms with Crippen LogP contribution in [0.15, 0.2) is 22.7 Å². The van der Waals surface area contributed by atoms with E-state index in [9.17, 15) is 14.0 Å². The molecule has 1 aromatic rings. The zero-order chi connectivity index (χ0) is 14.7. The van der Waals surface area contributed by atoms with Crippen LogP contribution >= 0.6 is 15.9 Å². The molecule has 0 saturated carbocycles. The summed E-state index contributed by atoms with van der Waals surface area (Å²) in [4.78, 5) is 24.5. The number of amides is 1. The third-order valence-corrected chi connectivity index (χ3v) is 4.17. The molecule has 0 aliphatic carbocycles. The van der Waals surface area contributed by atoms with Gasteiger partial charge in [0.05, 0.1) is 4.47 Å². The molecular formula is C14H15BrFNO3. The molecule has 0 unspecified atom stereocenters. The summed E-state index contributed by atoms with van der Waals surface area (Å²) in [6.45, 7) is 1.04. The molecule has 0 bridgehead atoms. The highest BCUT2D eigenvalue weighted by Gasteiger charge is 2.25. The summed E-state index contributed by atoms with van der Waals surface area (Å²) < 4.78 is 13.8. The standard InChI is InChI=1S/C14H15BrFNO3/c15-11-2-1-10(8-12(11)16)14(20)17-5-3-9(4-6-17)7-13(18)19/h1-2,8-9H,3-7H2,(H,18,19). The van der Waals surface area contributed by atoms with Crippen LogP contribution in [0.5, 0.6) is 0 Å². The summed E-state index contributed by atoms with van der Waals surface area (Å²) >= 11 is 3.05. The van der Waals surface area contributed by atoms with Crippen LogP contribution in [-0.2, 0) is 4.79 Å². The largest absolute Gasteiger partial charge is 0.481 e. The summed E-state index contributed by atoms with van der Waals surface area (Å²) in [5.74, 6) is -1.34. The molecule has 1 aliphatic heterocycles. The first-order chi connectivity index (χ1) is 9.47. The predicted molar refractivity (Wildman–Crippen MR) is 75.0 cm³/mol. The van der Waals surface area contributed by atoms with Crippen LogP contribution in [0.3, 0.4) is 0 Å². The maximum Gasteiger partial charge on any atom is 0.303 e. The molecule has 1 fully saturated rings. The molecule has 0 spiro atoms. The van der Waals surface area contributed by atoms with E-state index in [1.807, 2.05) is 0 Å². The summed E-state index contributed by atoms with van der Waals surface area (Å²) in [5.41, 5.74) is 0.322. The van der Waals surface area contributed by atoms with Crippen LogP contribution < -0.4 is 0 Å². The zero-order valence-electron chi connectivity index (χ0n) is 10.8. The van der Waals surface area contributed by atoms with E-state index in [1.165, 1.54) is 12.1 Å². The van der Waals surface area contributed by atoms with E-state index in [1.54, 1.807) is 11.0 Å². The average Bonchev–Trinajstić information content (AvgIpc) is 2.41. The van der Waals surface area contributed by atoms with Crippen LogP contribution in [0, 0.1) is 11.7 Å². The molecule has 1 aromatic carbocycles. The van der Waals surface area contributed by atoms with E-state index in [2.05, 4.69) is 15.9 Å². The summed E-state index contributed by atoms with van der Waals surface area (Å²) in [6.07, 6.45) is 1.50. The third kappa shape index (κ3) is 3.56. The van der Waals surface area contributed by atoms with E-state index in [0.717, 1.165) is 0 Å². The number of likely N-dealkylation sites (tertiary alicyclic amines) is 1. The lowest BCUT2D eigenvalue weighted by Crippen LogP contribution is -2.38. The zero-order valence-corrected chi connectivity index (χ0v) is 12.4. The van der Waals surface area contributed by atoms with Crippen molar-refractivity contribution in [3.8, 4) is 0 Å². The van der Waals surface area contributed by atoms with E-state index in [0.29, 0.717) is 36.0 Å². The van der Waals surface area contributed by atoms with Crippen molar-refractivity contribution in [3.05, 3.63) is 34.1 Å². The van der Waals surface area contributed by atoms with Crippen molar-refractivity contribution < 1.29 is 19.1 Å². The first-order valence-electron chi connectivity index (χ1n) is 6.43. The van der Waals surface area contributed by atoms with Crippen LogP contribution in [0.4, 0.5) is 4.39 Å². The number of piperidine rings is 1. The molecule has 1 aliphatic rings. The number of carbonyl (C=O) groups excluding carboxylic acids is 1. The van der Waals surface area contributed by atoms with Crippen molar-refractivity contribution in [2.75, 3.05) is 13.1 Å². The van der Waals surface area contributed by atoms with E-state index in [4.69, 9.17) is 5.11 Å². The fraction of sp³-hybridized carbons (Fsp3) is 0.429. The van der Waals surface area contributed by atoms with Gasteiger partial charge in [0.25, 0.3) is 5.91 Å². The first kappa shape index (κ1) is 15.0. The fourth-order valence-electron chi connectivity index (χ4n) is 2.40. The molecule has 2 rings (SSSR count). The highest BCUT2D eigenvalue weighted by atomic mass is 79.9. The normalized spacial score (nSPS) is 16.2. The van der Waals surface area contributed by atoms with Crippen LogP contribution in [0.25, 0.3) is 0 Å². The lowest BCUT2D eigenvalue weighted by molar-refractivity contribution is -0.138. The molecular weight excluding hydrogens is 329 g/mol. The molecule has 0 atom stereocenters. The van der Waals surface area contributed by atoms with Crippen LogP contribution in [-0.4, -0.2) is 35.0 Å². The van der Waals surface area contributed by atoms with Gasteiger partial charge in [0.1, 0.15) is 5.82 Å². The van der Waals surface area contributed by atoms with E-state index in [-0.39, 0.29) is 18.2 Å². The van der Waals surface area contributed by atoms with Crippen molar-refractivity contribution in [1.82, 2.24) is 4.90 Å². The molecule has 1 heterocycles.